The highest BCUT2D eigenvalue weighted by molar-refractivity contribution is 5.73. The van der Waals surface area contributed by atoms with E-state index in [0.29, 0.717) is 13.0 Å². The van der Waals surface area contributed by atoms with Crippen molar-refractivity contribution in [2.75, 3.05) is 18.5 Å². The summed E-state index contributed by atoms with van der Waals surface area (Å²) < 4.78 is 0. The lowest BCUT2D eigenvalue weighted by Gasteiger charge is -2.20. The van der Waals surface area contributed by atoms with Gasteiger partial charge in [0.25, 0.3) is 0 Å². The van der Waals surface area contributed by atoms with Crippen molar-refractivity contribution in [3.63, 3.8) is 0 Å². The van der Waals surface area contributed by atoms with Gasteiger partial charge in [0.15, 0.2) is 0 Å². The summed E-state index contributed by atoms with van der Waals surface area (Å²) >= 11 is 0. The van der Waals surface area contributed by atoms with Crippen LogP contribution in [0.1, 0.15) is 12.0 Å². The maximum absolute atomic E-state index is 10.5. The molecular weight excluding hydrogens is 204 g/mol. The normalized spacial score (nSPS) is 12.2. The predicted molar refractivity (Wildman–Crippen MR) is 64.7 cm³/mol. The molecule has 4 heteroatoms. The van der Waals surface area contributed by atoms with Crippen molar-refractivity contribution in [3.05, 3.63) is 29.8 Å². The van der Waals surface area contributed by atoms with Gasteiger partial charge in [-0.25, -0.2) is 0 Å². The van der Waals surface area contributed by atoms with Gasteiger partial charge in [0, 0.05) is 19.3 Å². The number of benzene rings is 1. The van der Waals surface area contributed by atoms with Crippen LogP contribution in [0.25, 0.3) is 0 Å². The highest BCUT2D eigenvalue weighted by atomic mass is 16.4. The van der Waals surface area contributed by atoms with Gasteiger partial charge in [0.2, 0.25) is 0 Å². The number of carboxylic acids is 1. The number of nitrogens with two attached hydrogens (primary N) is 1. The second kappa shape index (κ2) is 5.51. The first-order valence-corrected chi connectivity index (χ1v) is 5.27. The van der Waals surface area contributed by atoms with Crippen LogP contribution >= 0.6 is 0 Å². The monoisotopic (exact) mass is 222 g/mol. The van der Waals surface area contributed by atoms with Gasteiger partial charge < -0.3 is 15.7 Å². The minimum Gasteiger partial charge on any atom is -0.480 e. The number of aliphatic carboxylic acids is 1. The van der Waals surface area contributed by atoms with Crippen LogP contribution in [0.4, 0.5) is 5.69 Å². The van der Waals surface area contributed by atoms with Crippen LogP contribution in [-0.4, -0.2) is 30.7 Å². The fraction of sp³-hybridized carbons (Fsp3) is 0.417. The molecule has 88 valence electrons. The van der Waals surface area contributed by atoms with Crippen molar-refractivity contribution in [1.29, 1.82) is 0 Å². The van der Waals surface area contributed by atoms with E-state index >= 15 is 0 Å². The van der Waals surface area contributed by atoms with Crippen molar-refractivity contribution >= 4 is 11.7 Å². The Morgan fingerprint density at radius 1 is 1.44 bits per heavy atom. The van der Waals surface area contributed by atoms with Gasteiger partial charge in [0.1, 0.15) is 6.04 Å². The van der Waals surface area contributed by atoms with Crippen molar-refractivity contribution in [2.24, 2.45) is 5.73 Å². The van der Waals surface area contributed by atoms with E-state index in [-0.39, 0.29) is 0 Å². The molecule has 0 fully saturated rings. The quantitative estimate of drug-likeness (QED) is 0.786. The minimum atomic E-state index is -0.947. The van der Waals surface area contributed by atoms with Crippen molar-refractivity contribution < 1.29 is 9.90 Å². The molecule has 4 nitrogen and oxygen atoms in total. The van der Waals surface area contributed by atoms with Crippen molar-refractivity contribution in [3.8, 4) is 0 Å². The van der Waals surface area contributed by atoms with Crippen LogP contribution in [0, 0.1) is 6.92 Å². The Morgan fingerprint density at radius 3 is 2.50 bits per heavy atom. The van der Waals surface area contributed by atoms with E-state index in [1.54, 1.807) is 0 Å². The smallest absolute Gasteiger partial charge is 0.320 e. The van der Waals surface area contributed by atoms with E-state index in [2.05, 4.69) is 0 Å². The molecule has 0 aliphatic heterocycles. The first kappa shape index (κ1) is 12.5. The van der Waals surface area contributed by atoms with Crippen LogP contribution in [0.3, 0.4) is 0 Å². The fourth-order valence-corrected chi connectivity index (χ4v) is 1.38. The Kier molecular flexibility index (Phi) is 4.31. The standard InChI is InChI=1S/C12H18N2O2/c1-9-3-5-10(6-4-9)14(2)8-7-11(13)12(15)16/h3-6,11H,7-8,13H2,1-2H3,(H,15,16). The van der Waals surface area contributed by atoms with Gasteiger partial charge >= 0.3 is 5.97 Å². The van der Waals surface area contributed by atoms with Crippen molar-refractivity contribution in [1.82, 2.24) is 0 Å². The van der Waals surface area contributed by atoms with Crippen LogP contribution < -0.4 is 10.6 Å². The van der Waals surface area contributed by atoms with Crippen LogP contribution in [0.2, 0.25) is 0 Å². The van der Waals surface area contributed by atoms with Crippen LogP contribution in [0.5, 0.6) is 0 Å². The topological polar surface area (TPSA) is 66.6 Å². The third-order valence-corrected chi connectivity index (χ3v) is 2.57. The SMILES string of the molecule is Cc1ccc(N(C)CCC(N)C(=O)O)cc1. The van der Waals surface area contributed by atoms with Gasteiger partial charge in [-0.15, -0.1) is 0 Å². The number of carboxylic acid groups (broad SMARTS) is 1. The number of anilines is 1. The van der Waals surface area contributed by atoms with Gasteiger partial charge in [-0.3, -0.25) is 4.79 Å². The van der Waals surface area contributed by atoms with E-state index < -0.39 is 12.0 Å². The molecule has 0 amide bonds. The van der Waals surface area contributed by atoms with E-state index in [0.717, 1.165) is 5.69 Å². The number of carbonyl (C=O) groups is 1. The fourth-order valence-electron chi connectivity index (χ4n) is 1.38. The molecule has 0 saturated heterocycles. The first-order chi connectivity index (χ1) is 7.50. The summed E-state index contributed by atoms with van der Waals surface area (Å²) in [6.45, 7) is 2.67. The Labute approximate surface area is 95.7 Å². The molecule has 0 spiro atoms. The molecule has 1 aromatic carbocycles. The third kappa shape index (κ3) is 3.55. The van der Waals surface area contributed by atoms with Crippen LogP contribution in [0.15, 0.2) is 24.3 Å². The highest BCUT2D eigenvalue weighted by Gasteiger charge is 2.12. The lowest BCUT2D eigenvalue weighted by atomic mass is 10.2. The minimum absolute atomic E-state index is 0.444. The Morgan fingerprint density at radius 2 is 2.00 bits per heavy atom. The maximum atomic E-state index is 10.5. The van der Waals surface area contributed by atoms with E-state index in [1.165, 1.54) is 5.56 Å². The molecule has 0 aromatic heterocycles. The van der Waals surface area contributed by atoms with E-state index in [4.69, 9.17) is 10.8 Å². The molecule has 0 bridgehead atoms. The average Bonchev–Trinajstić information content (AvgIpc) is 2.26. The van der Waals surface area contributed by atoms with Gasteiger partial charge in [-0.05, 0) is 25.5 Å². The lowest BCUT2D eigenvalue weighted by Crippen LogP contribution is -2.34. The summed E-state index contributed by atoms with van der Waals surface area (Å²) in [6, 6.07) is 7.31. The van der Waals surface area contributed by atoms with E-state index in [9.17, 15) is 4.79 Å². The molecule has 0 saturated carbocycles. The maximum Gasteiger partial charge on any atom is 0.320 e. The Balaban J connectivity index is 2.49. The largest absolute Gasteiger partial charge is 0.480 e. The van der Waals surface area contributed by atoms with Crippen molar-refractivity contribution in [2.45, 2.75) is 19.4 Å². The molecule has 1 aromatic rings. The number of aryl methyl sites for hydroxylation is 1. The summed E-state index contributed by atoms with van der Waals surface area (Å²) in [6.07, 6.45) is 0.444. The zero-order valence-corrected chi connectivity index (χ0v) is 9.68. The summed E-state index contributed by atoms with van der Waals surface area (Å²) in [7, 11) is 1.93. The number of hydrogen-bond acceptors (Lipinski definition) is 3. The molecule has 0 radical (unpaired) electrons. The molecule has 16 heavy (non-hydrogen) atoms. The highest BCUT2D eigenvalue weighted by Crippen LogP contribution is 2.13. The molecule has 0 aliphatic carbocycles. The van der Waals surface area contributed by atoms with Crippen LogP contribution in [-0.2, 0) is 4.79 Å². The summed E-state index contributed by atoms with van der Waals surface area (Å²) in [5.41, 5.74) is 7.72. The molecule has 3 N–H and O–H groups in total. The second-order valence-electron chi connectivity index (χ2n) is 3.99. The number of nitrogens with zero attached hydrogens (tertiary/aromatic N) is 1. The zero-order valence-electron chi connectivity index (χ0n) is 9.68. The first-order valence-electron chi connectivity index (χ1n) is 5.27. The Bertz CT molecular complexity index is 349. The summed E-state index contributed by atoms with van der Waals surface area (Å²) in [4.78, 5) is 12.6. The molecule has 0 aliphatic rings. The summed E-state index contributed by atoms with van der Waals surface area (Å²) in [5, 5.41) is 8.66. The van der Waals surface area contributed by atoms with Gasteiger partial charge in [-0.1, -0.05) is 17.7 Å². The predicted octanol–water partition coefficient (Wildman–Crippen LogP) is 1.23. The molecular formula is C12H18N2O2. The van der Waals surface area contributed by atoms with Gasteiger partial charge in [-0.2, -0.15) is 0 Å². The second-order valence-corrected chi connectivity index (χ2v) is 3.99. The zero-order chi connectivity index (χ0) is 12.1. The number of rotatable bonds is 5. The molecule has 0 heterocycles. The molecule has 1 atom stereocenters. The number of hydrogen-bond donors (Lipinski definition) is 2. The molecule has 1 rings (SSSR count). The van der Waals surface area contributed by atoms with Gasteiger partial charge in [0.05, 0.1) is 0 Å². The molecule has 1 unspecified atom stereocenters. The third-order valence-electron chi connectivity index (χ3n) is 2.57. The lowest BCUT2D eigenvalue weighted by molar-refractivity contribution is -0.138. The Hall–Kier alpha value is -1.55. The average molecular weight is 222 g/mol. The summed E-state index contributed by atoms with van der Waals surface area (Å²) in [5.74, 6) is -0.947. The van der Waals surface area contributed by atoms with E-state index in [1.807, 2.05) is 43.1 Å².